The zero-order valence-electron chi connectivity index (χ0n) is 12.3. The van der Waals surface area contributed by atoms with Gasteiger partial charge < -0.3 is 16.2 Å². The van der Waals surface area contributed by atoms with Gasteiger partial charge in [0.2, 0.25) is 5.91 Å². The molecule has 5 heteroatoms. The lowest BCUT2D eigenvalue weighted by Crippen LogP contribution is -2.55. The standard InChI is InChI=1S/C14H26N2O3/c1-5-10(12(15)17)16-11-7-6-9(13(18)19)14(3,4)8(11)2/h8-11,16H,5-7H2,1-4H3,(H2,15,17)(H,18,19). The van der Waals surface area contributed by atoms with Gasteiger partial charge in [-0.05, 0) is 30.6 Å². The summed E-state index contributed by atoms with van der Waals surface area (Å²) in [7, 11) is 0. The first-order valence-corrected chi connectivity index (χ1v) is 7.00. The van der Waals surface area contributed by atoms with Gasteiger partial charge >= 0.3 is 5.97 Å². The molecular formula is C14H26N2O3. The van der Waals surface area contributed by atoms with Gasteiger partial charge in [0.05, 0.1) is 12.0 Å². The van der Waals surface area contributed by atoms with Gasteiger partial charge in [-0.15, -0.1) is 0 Å². The Morgan fingerprint density at radius 2 is 2.00 bits per heavy atom. The summed E-state index contributed by atoms with van der Waals surface area (Å²) in [6, 6.07) is -0.187. The second-order valence-corrected chi connectivity index (χ2v) is 6.21. The number of carbonyl (C=O) groups is 2. The fraction of sp³-hybridized carbons (Fsp3) is 0.857. The fourth-order valence-corrected chi connectivity index (χ4v) is 3.13. The first-order chi connectivity index (χ1) is 8.71. The first-order valence-electron chi connectivity index (χ1n) is 7.00. The Morgan fingerprint density at radius 3 is 2.42 bits per heavy atom. The topological polar surface area (TPSA) is 92.4 Å². The van der Waals surface area contributed by atoms with Crippen molar-refractivity contribution in [2.75, 3.05) is 0 Å². The molecule has 0 aromatic heterocycles. The fourth-order valence-electron chi connectivity index (χ4n) is 3.13. The number of carboxylic acid groups (broad SMARTS) is 1. The van der Waals surface area contributed by atoms with Crippen molar-refractivity contribution in [2.45, 2.75) is 59.0 Å². The molecule has 0 aromatic carbocycles. The molecule has 0 radical (unpaired) electrons. The number of hydrogen-bond acceptors (Lipinski definition) is 3. The molecule has 0 bridgehead atoms. The van der Waals surface area contributed by atoms with Crippen molar-refractivity contribution in [1.82, 2.24) is 5.32 Å². The summed E-state index contributed by atoms with van der Waals surface area (Å²) in [6.45, 7) is 7.96. The van der Waals surface area contributed by atoms with Crippen molar-refractivity contribution >= 4 is 11.9 Å². The number of aliphatic carboxylic acids is 1. The summed E-state index contributed by atoms with van der Waals surface area (Å²) in [5.41, 5.74) is 5.06. The number of carbonyl (C=O) groups excluding carboxylic acids is 1. The molecule has 0 aromatic rings. The molecule has 0 aliphatic heterocycles. The molecular weight excluding hydrogens is 244 g/mol. The summed E-state index contributed by atoms with van der Waals surface area (Å²) in [6.07, 6.45) is 2.06. The molecule has 110 valence electrons. The van der Waals surface area contributed by atoms with Crippen molar-refractivity contribution in [3.8, 4) is 0 Å². The predicted molar refractivity (Wildman–Crippen MR) is 73.5 cm³/mol. The Morgan fingerprint density at radius 1 is 1.42 bits per heavy atom. The van der Waals surface area contributed by atoms with Gasteiger partial charge in [-0.2, -0.15) is 0 Å². The summed E-state index contributed by atoms with van der Waals surface area (Å²) < 4.78 is 0. The quantitative estimate of drug-likeness (QED) is 0.703. The molecule has 0 saturated heterocycles. The van der Waals surface area contributed by atoms with E-state index in [1.807, 2.05) is 20.8 Å². The van der Waals surface area contributed by atoms with E-state index in [4.69, 9.17) is 5.73 Å². The SMILES string of the molecule is CCC(NC1CCC(C(=O)O)C(C)(C)C1C)C(N)=O. The van der Waals surface area contributed by atoms with Crippen LogP contribution in [-0.2, 0) is 9.59 Å². The van der Waals surface area contributed by atoms with Crippen molar-refractivity contribution in [2.24, 2.45) is 23.0 Å². The van der Waals surface area contributed by atoms with Gasteiger partial charge in [-0.25, -0.2) is 0 Å². The van der Waals surface area contributed by atoms with E-state index in [1.54, 1.807) is 0 Å². The van der Waals surface area contributed by atoms with Crippen molar-refractivity contribution in [3.05, 3.63) is 0 Å². The van der Waals surface area contributed by atoms with E-state index < -0.39 is 5.97 Å². The molecule has 1 amide bonds. The molecule has 0 spiro atoms. The average Bonchev–Trinajstić information content (AvgIpc) is 2.30. The Kier molecular flexibility index (Phi) is 4.96. The van der Waals surface area contributed by atoms with Crippen LogP contribution in [0.4, 0.5) is 0 Å². The summed E-state index contributed by atoms with van der Waals surface area (Å²) in [4.78, 5) is 22.6. The van der Waals surface area contributed by atoms with Crippen LogP contribution in [0.2, 0.25) is 0 Å². The Hall–Kier alpha value is -1.10. The molecule has 1 fully saturated rings. The molecule has 1 aliphatic rings. The maximum Gasteiger partial charge on any atom is 0.307 e. The zero-order valence-corrected chi connectivity index (χ0v) is 12.3. The molecule has 4 unspecified atom stereocenters. The highest BCUT2D eigenvalue weighted by atomic mass is 16.4. The molecule has 1 aliphatic carbocycles. The number of carboxylic acids is 1. The van der Waals surface area contributed by atoms with E-state index in [1.165, 1.54) is 0 Å². The lowest BCUT2D eigenvalue weighted by Gasteiger charge is -2.47. The lowest BCUT2D eigenvalue weighted by molar-refractivity contribution is -0.150. The van der Waals surface area contributed by atoms with Gasteiger partial charge in [0.25, 0.3) is 0 Å². The van der Waals surface area contributed by atoms with Crippen molar-refractivity contribution in [3.63, 3.8) is 0 Å². The second-order valence-electron chi connectivity index (χ2n) is 6.21. The van der Waals surface area contributed by atoms with Gasteiger partial charge in [0.1, 0.15) is 0 Å². The van der Waals surface area contributed by atoms with Crippen molar-refractivity contribution < 1.29 is 14.7 Å². The van der Waals surface area contributed by atoms with Crippen LogP contribution in [0.5, 0.6) is 0 Å². The van der Waals surface area contributed by atoms with Gasteiger partial charge in [-0.3, -0.25) is 9.59 Å². The van der Waals surface area contributed by atoms with Crippen LogP contribution in [0, 0.1) is 17.3 Å². The Bertz CT molecular complexity index is 355. The summed E-state index contributed by atoms with van der Waals surface area (Å²) in [5.74, 6) is -1.21. The minimum absolute atomic E-state index is 0.142. The van der Waals surface area contributed by atoms with E-state index in [2.05, 4.69) is 12.2 Å². The second kappa shape index (κ2) is 5.90. The molecule has 0 heterocycles. The maximum absolute atomic E-state index is 11.3. The van der Waals surface area contributed by atoms with Gasteiger partial charge in [0.15, 0.2) is 0 Å². The number of nitrogens with one attached hydrogen (secondary N) is 1. The van der Waals surface area contributed by atoms with Gasteiger partial charge in [-0.1, -0.05) is 27.7 Å². The minimum atomic E-state index is -0.725. The third-order valence-corrected chi connectivity index (χ3v) is 4.91. The normalized spacial score (nSPS) is 31.7. The average molecular weight is 270 g/mol. The Labute approximate surface area is 114 Å². The highest BCUT2D eigenvalue weighted by molar-refractivity contribution is 5.79. The number of rotatable bonds is 5. The lowest BCUT2D eigenvalue weighted by atomic mass is 9.61. The number of amides is 1. The molecule has 1 saturated carbocycles. The van der Waals surface area contributed by atoms with Crippen LogP contribution >= 0.6 is 0 Å². The molecule has 4 N–H and O–H groups in total. The van der Waals surface area contributed by atoms with Crippen LogP contribution in [-0.4, -0.2) is 29.1 Å². The van der Waals surface area contributed by atoms with E-state index in [0.717, 1.165) is 6.42 Å². The van der Waals surface area contributed by atoms with Crippen LogP contribution in [0.1, 0.15) is 47.0 Å². The highest BCUT2D eigenvalue weighted by Gasteiger charge is 2.46. The van der Waals surface area contributed by atoms with Crippen molar-refractivity contribution in [1.29, 1.82) is 0 Å². The zero-order chi connectivity index (χ0) is 14.8. The summed E-state index contributed by atoms with van der Waals surface area (Å²) in [5, 5.41) is 12.6. The Balaban J connectivity index is 2.80. The molecule has 19 heavy (non-hydrogen) atoms. The van der Waals surface area contributed by atoms with Crippen LogP contribution in [0.3, 0.4) is 0 Å². The smallest absolute Gasteiger partial charge is 0.307 e. The van der Waals surface area contributed by atoms with Gasteiger partial charge in [0, 0.05) is 6.04 Å². The van der Waals surface area contributed by atoms with E-state index in [-0.39, 0.29) is 35.2 Å². The van der Waals surface area contributed by atoms with E-state index in [0.29, 0.717) is 12.8 Å². The third-order valence-electron chi connectivity index (χ3n) is 4.91. The third kappa shape index (κ3) is 3.26. The predicted octanol–water partition coefficient (Wildman–Crippen LogP) is 1.37. The molecule has 1 rings (SSSR count). The largest absolute Gasteiger partial charge is 0.481 e. The molecule has 4 atom stereocenters. The highest BCUT2D eigenvalue weighted by Crippen LogP contribution is 2.45. The van der Waals surface area contributed by atoms with Crippen LogP contribution in [0.15, 0.2) is 0 Å². The number of primary amides is 1. The van der Waals surface area contributed by atoms with E-state index in [9.17, 15) is 14.7 Å². The minimum Gasteiger partial charge on any atom is -0.481 e. The summed E-state index contributed by atoms with van der Waals surface area (Å²) >= 11 is 0. The van der Waals surface area contributed by atoms with E-state index >= 15 is 0 Å². The first kappa shape index (κ1) is 16.0. The van der Waals surface area contributed by atoms with Crippen LogP contribution in [0.25, 0.3) is 0 Å². The molecule has 5 nitrogen and oxygen atoms in total. The maximum atomic E-state index is 11.3. The van der Waals surface area contributed by atoms with Crippen LogP contribution < -0.4 is 11.1 Å². The monoisotopic (exact) mass is 270 g/mol. The number of nitrogens with two attached hydrogens (primary N) is 1. The number of hydrogen-bond donors (Lipinski definition) is 3.